The summed E-state index contributed by atoms with van der Waals surface area (Å²) in [6, 6.07) is 7.78. The van der Waals surface area contributed by atoms with E-state index < -0.39 is 0 Å². The molecule has 3 rings (SSSR count). The van der Waals surface area contributed by atoms with Crippen LogP contribution in [0.3, 0.4) is 0 Å². The van der Waals surface area contributed by atoms with Crippen molar-refractivity contribution in [3.63, 3.8) is 0 Å². The first-order valence-corrected chi connectivity index (χ1v) is 6.86. The third kappa shape index (κ3) is 2.20. The fraction of sp³-hybridized carbons (Fsp3) is 0.357. The molecule has 0 radical (unpaired) electrons. The van der Waals surface area contributed by atoms with Crippen LogP contribution in [-0.4, -0.2) is 17.0 Å². The van der Waals surface area contributed by atoms with Gasteiger partial charge < -0.3 is 4.74 Å². The molecule has 2 aromatic rings. The van der Waals surface area contributed by atoms with E-state index in [1.165, 1.54) is 0 Å². The second-order valence-electron chi connectivity index (χ2n) is 4.52. The van der Waals surface area contributed by atoms with Crippen LogP contribution in [0.5, 0.6) is 0 Å². The maximum absolute atomic E-state index is 6.22. The summed E-state index contributed by atoms with van der Waals surface area (Å²) in [6.07, 6.45) is 3.55. The third-order valence-electron chi connectivity index (χ3n) is 3.31. The van der Waals surface area contributed by atoms with Crippen LogP contribution in [0.2, 0.25) is 5.02 Å². The number of pyridine rings is 1. The summed E-state index contributed by atoms with van der Waals surface area (Å²) in [5, 5.41) is 1.87. The molecule has 0 aliphatic carbocycles. The molecule has 4 heteroatoms. The molecule has 1 aromatic carbocycles. The molecular formula is C14H13Cl2NO. The van der Waals surface area contributed by atoms with Gasteiger partial charge in [-0.1, -0.05) is 17.7 Å². The van der Waals surface area contributed by atoms with Gasteiger partial charge in [0, 0.05) is 34.2 Å². The largest absolute Gasteiger partial charge is 0.373 e. The Hall–Kier alpha value is -0.830. The topological polar surface area (TPSA) is 22.1 Å². The molecule has 0 amide bonds. The van der Waals surface area contributed by atoms with Gasteiger partial charge in [0.1, 0.15) is 0 Å². The standard InChI is InChI=1S/C14H13Cl2NO/c15-9-5-7-18-13(8-9)11-3-4-12(16)10-2-1-6-17-14(10)11/h1-4,6,9,13H,5,7-8H2. The van der Waals surface area contributed by atoms with E-state index in [1.807, 2.05) is 24.3 Å². The van der Waals surface area contributed by atoms with E-state index in [4.69, 9.17) is 27.9 Å². The summed E-state index contributed by atoms with van der Waals surface area (Å²) in [4.78, 5) is 4.43. The Labute approximate surface area is 116 Å². The van der Waals surface area contributed by atoms with E-state index in [1.54, 1.807) is 6.20 Å². The van der Waals surface area contributed by atoms with Gasteiger partial charge in [0.15, 0.2) is 0 Å². The summed E-state index contributed by atoms with van der Waals surface area (Å²) < 4.78 is 5.81. The summed E-state index contributed by atoms with van der Waals surface area (Å²) in [5.74, 6) is 0. The van der Waals surface area contributed by atoms with Crippen molar-refractivity contribution in [2.24, 2.45) is 0 Å². The lowest BCUT2D eigenvalue weighted by atomic mass is 9.98. The van der Waals surface area contributed by atoms with Crippen LogP contribution in [0, 0.1) is 0 Å². The number of fused-ring (bicyclic) bond motifs is 1. The van der Waals surface area contributed by atoms with Gasteiger partial charge >= 0.3 is 0 Å². The van der Waals surface area contributed by atoms with E-state index >= 15 is 0 Å². The number of rotatable bonds is 1. The number of hydrogen-bond acceptors (Lipinski definition) is 2. The average Bonchev–Trinajstić information content (AvgIpc) is 2.39. The van der Waals surface area contributed by atoms with Crippen molar-refractivity contribution < 1.29 is 4.74 Å². The monoisotopic (exact) mass is 281 g/mol. The first-order valence-electron chi connectivity index (χ1n) is 6.04. The zero-order valence-corrected chi connectivity index (χ0v) is 11.3. The van der Waals surface area contributed by atoms with Crippen LogP contribution in [-0.2, 0) is 4.74 Å². The molecule has 2 unspecified atom stereocenters. The minimum Gasteiger partial charge on any atom is -0.373 e. The summed E-state index contributed by atoms with van der Waals surface area (Å²) >= 11 is 12.4. The second kappa shape index (κ2) is 5.04. The third-order valence-corrected chi connectivity index (χ3v) is 4.04. The van der Waals surface area contributed by atoms with Crippen molar-refractivity contribution in [1.29, 1.82) is 0 Å². The van der Waals surface area contributed by atoms with Crippen LogP contribution in [0.15, 0.2) is 30.5 Å². The van der Waals surface area contributed by atoms with Crippen LogP contribution in [0.4, 0.5) is 0 Å². The van der Waals surface area contributed by atoms with Crippen molar-refractivity contribution >= 4 is 34.1 Å². The van der Waals surface area contributed by atoms with Gasteiger partial charge in [-0.3, -0.25) is 4.98 Å². The molecule has 18 heavy (non-hydrogen) atoms. The van der Waals surface area contributed by atoms with Gasteiger partial charge in [-0.2, -0.15) is 0 Å². The lowest BCUT2D eigenvalue weighted by Gasteiger charge is -2.27. The van der Waals surface area contributed by atoms with E-state index in [-0.39, 0.29) is 11.5 Å². The Morgan fingerprint density at radius 3 is 3.00 bits per heavy atom. The predicted molar refractivity (Wildman–Crippen MR) is 74.3 cm³/mol. The average molecular weight is 282 g/mol. The normalized spacial score (nSPS) is 24.3. The lowest BCUT2D eigenvalue weighted by molar-refractivity contribution is 0.0177. The number of alkyl halides is 1. The first-order chi connectivity index (χ1) is 8.75. The SMILES string of the molecule is Clc1ccc(C2CC(Cl)CCO2)c2ncccc12. The Morgan fingerprint density at radius 1 is 1.28 bits per heavy atom. The zero-order chi connectivity index (χ0) is 12.5. The quantitative estimate of drug-likeness (QED) is 0.725. The number of halogens is 2. The maximum atomic E-state index is 6.22. The number of aromatic nitrogens is 1. The molecule has 2 nitrogen and oxygen atoms in total. The van der Waals surface area contributed by atoms with Gasteiger partial charge in [0.2, 0.25) is 0 Å². The highest BCUT2D eigenvalue weighted by molar-refractivity contribution is 6.35. The van der Waals surface area contributed by atoms with Crippen molar-refractivity contribution in [1.82, 2.24) is 4.98 Å². The van der Waals surface area contributed by atoms with Gasteiger partial charge in [-0.15, -0.1) is 11.6 Å². The molecule has 2 heterocycles. The van der Waals surface area contributed by atoms with Crippen LogP contribution < -0.4 is 0 Å². The fourth-order valence-electron chi connectivity index (χ4n) is 2.39. The molecular weight excluding hydrogens is 269 g/mol. The maximum Gasteiger partial charge on any atom is 0.0860 e. The predicted octanol–water partition coefficient (Wildman–Crippen LogP) is 4.35. The molecule has 0 N–H and O–H groups in total. The van der Waals surface area contributed by atoms with E-state index in [2.05, 4.69) is 4.98 Å². The van der Waals surface area contributed by atoms with Gasteiger partial charge in [-0.25, -0.2) is 0 Å². The minimum absolute atomic E-state index is 0.0240. The van der Waals surface area contributed by atoms with Crippen molar-refractivity contribution in [3.05, 3.63) is 41.0 Å². The molecule has 1 aromatic heterocycles. The van der Waals surface area contributed by atoms with E-state index in [9.17, 15) is 0 Å². The molecule has 0 bridgehead atoms. The molecule has 1 saturated heterocycles. The Balaban J connectivity index is 2.09. The van der Waals surface area contributed by atoms with Crippen LogP contribution in [0.1, 0.15) is 24.5 Å². The number of hydrogen-bond donors (Lipinski definition) is 0. The van der Waals surface area contributed by atoms with Crippen LogP contribution >= 0.6 is 23.2 Å². The van der Waals surface area contributed by atoms with Crippen molar-refractivity contribution in [3.8, 4) is 0 Å². The van der Waals surface area contributed by atoms with Gasteiger partial charge in [-0.05, 0) is 31.0 Å². The molecule has 1 aliphatic rings. The Morgan fingerprint density at radius 2 is 2.17 bits per heavy atom. The summed E-state index contributed by atoms with van der Waals surface area (Å²) in [6.45, 7) is 0.704. The molecule has 2 atom stereocenters. The molecule has 94 valence electrons. The van der Waals surface area contributed by atoms with Crippen molar-refractivity contribution in [2.45, 2.75) is 24.3 Å². The number of nitrogens with zero attached hydrogens (tertiary/aromatic N) is 1. The minimum atomic E-state index is 0.0240. The van der Waals surface area contributed by atoms with E-state index in [0.717, 1.165) is 34.3 Å². The molecule has 1 fully saturated rings. The first kappa shape index (κ1) is 12.2. The lowest BCUT2D eigenvalue weighted by Crippen LogP contribution is -2.20. The van der Waals surface area contributed by atoms with Crippen molar-refractivity contribution in [2.75, 3.05) is 6.61 Å². The smallest absolute Gasteiger partial charge is 0.0860 e. The highest BCUT2D eigenvalue weighted by Gasteiger charge is 2.24. The second-order valence-corrected chi connectivity index (χ2v) is 5.54. The summed E-state index contributed by atoms with van der Waals surface area (Å²) in [5.41, 5.74) is 2.00. The zero-order valence-electron chi connectivity index (χ0n) is 9.77. The summed E-state index contributed by atoms with van der Waals surface area (Å²) in [7, 11) is 0. The molecule has 1 aliphatic heterocycles. The Kier molecular flexibility index (Phi) is 3.42. The van der Waals surface area contributed by atoms with E-state index in [0.29, 0.717) is 6.61 Å². The van der Waals surface area contributed by atoms with Crippen LogP contribution in [0.25, 0.3) is 10.9 Å². The Bertz CT molecular complexity index is 573. The highest BCUT2D eigenvalue weighted by Crippen LogP contribution is 2.35. The van der Waals surface area contributed by atoms with Gasteiger partial charge in [0.05, 0.1) is 11.6 Å². The molecule has 0 saturated carbocycles. The van der Waals surface area contributed by atoms with Gasteiger partial charge in [0.25, 0.3) is 0 Å². The highest BCUT2D eigenvalue weighted by atomic mass is 35.5. The number of ether oxygens (including phenoxy) is 1. The number of benzene rings is 1. The molecule has 0 spiro atoms. The fourth-order valence-corrected chi connectivity index (χ4v) is 2.86.